The molecule has 2 aliphatic heterocycles. The summed E-state index contributed by atoms with van der Waals surface area (Å²) >= 11 is 1.90. The molecule has 0 bridgehead atoms. The quantitative estimate of drug-likeness (QED) is 0.579. The molecule has 0 aromatic heterocycles. The van der Waals surface area contributed by atoms with Crippen molar-refractivity contribution in [3.05, 3.63) is 29.0 Å². The van der Waals surface area contributed by atoms with Gasteiger partial charge >= 0.3 is 12.0 Å². The van der Waals surface area contributed by atoms with Crippen LogP contribution in [0.3, 0.4) is 0 Å². The third-order valence-electron chi connectivity index (χ3n) is 5.18. The van der Waals surface area contributed by atoms with Gasteiger partial charge < -0.3 is 29.6 Å². The van der Waals surface area contributed by atoms with Crippen molar-refractivity contribution >= 4 is 23.8 Å². The maximum atomic E-state index is 13.0. The van der Waals surface area contributed by atoms with Crippen molar-refractivity contribution in [3.63, 3.8) is 0 Å². The number of esters is 1. The Labute approximate surface area is 186 Å². The van der Waals surface area contributed by atoms with Gasteiger partial charge in [-0.1, -0.05) is 0 Å². The molecule has 2 aliphatic rings. The van der Waals surface area contributed by atoms with Gasteiger partial charge in [0.25, 0.3) is 0 Å². The van der Waals surface area contributed by atoms with Crippen LogP contribution >= 0.6 is 11.8 Å². The first kappa shape index (κ1) is 23.1. The second kappa shape index (κ2) is 10.6. The Bertz CT molecular complexity index is 854. The van der Waals surface area contributed by atoms with Crippen molar-refractivity contribution in [1.82, 2.24) is 15.5 Å². The maximum absolute atomic E-state index is 13.0. The van der Waals surface area contributed by atoms with Gasteiger partial charge in [0, 0.05) is 48.5 Å². The van der Waals surface area contributed by atoms with Gasteiger partial charge in [0.15, 0.2) is 11.5 Å². The number of carbonyl (C=O) groups excluding carboxylic acids is 2. The highest BCUT2D eigenvalue weighted by Gasteiger charge is 2.36. The summed E-state index contributed by atoms with van der Waals surface area (Å²) in [7, 11) is 4.58. The van der Waals surface area contributed by atoms with Crippen LogP contribution in [0.4, 0.5) is 4.79 Å². The topological polar surface area (TPSA) is 98.4 Å². The fourth-order valence-electron chi connectivity index (χ4n) is 3.69. The second-order valence-corrected chi connectivity index (χ2v) is 8.21. The van der Waals surface area contributed by atoms with E-state index in [0.717, 1.165) is 24.6 Å². The number of urea groups is 1. The summed E-state index contributed by atoms with van der Waals surface area (Å²) < 4.78 is 21.7. The molecule has 1 aromatic carbocycles. The molecular formula is C21H29N3O6S. The molecule has 1 atom stereocenters. The number of ether oxygens (including phenoxy) is 4. The van der Waals surface area contributed by atoms with Gasteiger partial charge in [-0.25, -0.2) is 9.59 Å². The van der Waals surface area contributed by atoms with E-state index in [1.54, 1.807) is 19.1 Å². The Morgan fingerprint density at radius 3 is 2.35 bits per heavy atom. The smallest absolute Gasteiger partial charge is 0.338 e. The average molecular weight is 452 g/mol. The van der Waals surface area contributed by atoms with Crippen molar-refractivity contribution in [2.24, 2.45) is 0 Å². The Hall–Kier alpha value is -2.59. The monoisotopic (exact) mass is 451 g/mol. The fraction of sp³-hybridized carbons (Fsp3) is 0.524. The summed E-state index contributed by atoms with van der Waals surface area (Å²) in [6.45, 7) is 4.20. The lowest BCUT2D eigenvalue weighted by molar-refractivity contribution is -0.139. The van der Waals surface area contributed by atoms with E-state index < -0.39 is 18.0 Å². The van der Waals surface area contributed by atoms with Crippen LogP contribution in [0.25, 0.3) is 0 Å². The van der Waals surface area contributed by atoms with Crippen molar-refractivity contribution in [1.29, 1.82) is 0 Å². The summed E-state index contributed by atoms with van der Waals surface area (Å²) in [4.78, 5) is 27.8. The lowest BCUT2D eigenvalue weighted by Crippen LogP contribution is -2.49. The molecule has 0 unspecified atom stereocenters. The first-order valence-corrected chi connectivity index (χ1v) is 11.3. The summed E-state index contributed by atoms with van der Waals surface area (Å²) in [5.74, 6) is 2.95. The molecule has 3 rings (SSSR count). The van der Waals surface area contributed by atoms with Crippen molar-refractivity contribution in [2.75, 3.05) is 59.1 Å². The van der Waals surface area contributed by atoms with Crippen LogP contribution in [0, 0.1) is 0 Å². The zero-order valence-corrected chi connectivity index (χ0v) is 19.1. The highest BCUT2D eigenvalue weighted by molar-refractivity contribution is 7.99. The minimum absolute atomic E-state index is 0.222. The van der Waals surface area contributed by atoms with Gasteiger partial charge in [-0.2, -0.15) is 11.8 Å². The zero-order valence-electron chi connectivity index (χ0n) is 18.3. The lowest BCUT2D eigenvalue weighted by Gasteiger charge is -2.33. The molecule has 2 amide bonds. The number of thioether (sulfide) groups is 1. The molecule has 0 saturated carbocycles. The largest absolute Gasteiger partial charge is 0.496 e. The molecule has 2 N–H and O–H groups in total. The summed E-state index contributed by atoms with van der Waals surface area (Å²) in [6, 6.07) is 2.22. The zero-order chi connectivity index (χ0) is 22.4. The fourth-order valence-corrected chi connectivity index (χ4v) is 4.67. The molecule has 1 saturated heterocycles. The standard InChI is InChI=1S/C21H29N3O6S/c1-5-30-20(25)18-14(12-24-6-8-31-9-7-24)22-21(26)23-19(18)13-10-16(28-3)17(29-4)11-15(13)27-2/h10-11,19H,5-9,12H2,1-4H3,(H2,22,23,26)/t19-/m0/s1. The predicted molar refractivity (Wildman–Crippen MR) is 118 cm³/mol. The summed E-state index contributed by atoms with van der Waals surface area (Å²) in [5.41, 5.74) is 1.46. The molecule has 0 aliphatic carbocycles. The first-order valence-electron chi connectivity index (χ1n) is 10.1. The van der Waals surface area contributed by atoms with E-state index in [-0.39, 0.29) is 6.61 Å². The number of methoxy groups -OCH3 is 3. The molecule has 9 nitrogen and oxygen atoms in total. The van der Waals surface area contributed by atoms with E-state index in [4.69, 9.17) is 18.9 Å². The maximum Gasteiger partial charge on any atom is 0.338 e. The molecular weight excluding hydrogens is 422 g/mol. The highest BCUT2D eigenvalue weighted by Crippen LogP contribution is 2.41. The number of hydrogen-bond acceptors (Lipinski definition) is 8. The second-order valence-electron chi connectivity index (χ2n) is 6.98. The van der Waals surface area contributed by atoms with Gasteiger partial charge in [-0.05, 0) is 13.0 Å². The number of hydrogen-bond donors (Lipinski definition) is 2. The van der Waals surface area contributed by atoms with E-state index in [1.807, 2.05) is 11.8 Å². The van der Waals surface area contributed by atoms with Crippen LogP contribution in [0.2, 0.25) is 0 Å². The van der Waals surface area contributed by atoms with Gasteiger partial charge in [-0.3, -0.25) is 4.90 Å². The number of amides is 2. The van der Waals surface area contributed by atoms with E-state index in [9.17, 15) is 9.59 Å². The van der Waals surface area contributed by atoms with Crippen molar-refractivity contribution < 1.29 is 28.5 Å². The molecule has 0 spiro atoms. The van der Waals surface area contributed by atoms with Crippen molar-refractivity contribution in [3.8, 4) is 17.2 Å². The normalized spacial score (nSPS) is 19.4. The van der Waals surface area contributed by atoms with Crippen molar-refractivity contribution in [2.45, 2.75) is 13.0 Å². The Morgan fingerprint density at radius 1 is 1.10 bits per heavy atom. The number of nitrogens with one attached hydrogen (secondary N) is 2. The van der Waals surface area contributed by atoms with Crippen LogP contribution < -0.4 is 24.8 Å². The van der Waals surface area contributed by atoms with Crippen LogP contribution in [-0.4, -0.2) is 76.0 Å². The molecule has 2 heterocycles. The van der Waals surface area contributed by atoms with Crippen LogP contribution in [0.15, 0.2) is 23.4 Å². The Morgan fingerprint density at radius 2 is 1.74 bits per heavy atom. The Balaban J connectivity index is 2.10. The van der Waals surface area contributed by atoms with E-state index in [0.29, 0.717) is 40.6 Å². The van der Waals surface area contributed by atoms with Gasteiger partial charge in [0.1, 0.15) is 5.75 Å². The number of nitrogens with zero attached hydrogens (tertiary/aromatic N) is 1. The van der Waals surface area contributed by atoms with Gasteiger partial charge in [0.2, 0.25) is 0 Å². The van der Waals surface area contributed by atoms with E-state index in [1.165, 1.54) is 21.3 Å². The molecule has 170 valence electrons. The summed E-state index contributed by atoms with van der Waals surface area (Å²) in [6.07, 6.45) is 0. The molecule has 10 heteroatoms. The average Bonchev–Trinajstić information content (AvgIpc) is 2.78. The van der Waals surface area contributed by atoms with Crippen LogP contribution in [0.1, 0.15) is 18.5 Å². The third kappa shape index (κ3) is 5.19. The van der Waals surface area contributed by atoms with Gasteiger partial charge in [0.05, 0.1) is 39.6 Å². The summed E-state index contributed by atoms with van der Waals surface area (Å²) in [5, 5.41) is 5.67. The van der Waals surface area contributed by atoms with E-state index >= 15 is 0 Å². The SMILES string of the molecule is CCOC(=O)C1=C(CN2CCSCC2)NC(=O)N[C@H]1c1cc(OC)c(OC)cc1OC. The van der Waals surface area contributed by atoms with Crippen LogP contribution in [-0.2, 0) is 9.53 Å². The van der Waals surface area contributed by atoms with E-state index in [2.05, 4.69) is 15.5 Å². The number of benzene rings is 1. The number of rotatable bonds is 8. The number of carbonyl (C=O) groups is 2. The predicted octanol–water partition coefficient (Wildman–Crippen LogP) is 1.93. The minimum Gasteiger partial charge on any atom is -0.496 e. The molecule has 0 radical (unpaired) electrons. The highest BCUT2D eigenvalue weighted by atomic mass is 32.2. The van der Waals surface area contributed by atoms with Gasteiger partial charge in [-0.15, -0.1) is 0 Å². The third-order valence-corrected chi connectivity index (χ3v) is 6.12. The molecule has 31 heavy (non-hydrogen) atoms. The first-order chi connectivity index (χ1) is 15.0. The molecule has 1 aromatic rings. The Kier molecular flexibility index (Phi) is 7.91. The van der Waals surface area contributed by atoms with Crippen LogP contribution in [0.5, 0.6) is 17.2 Å². The molecule has 1 fully saturated rings. The lowest BCUT2D eigenvalue weighted by atomic mass is 9.93. The minimum atomic E-state index is -0.767.